The topological polar surface area (TPSA) is 71.0 Å². The largest absolute Gasteiger partial charge is 0.480 e. The first-order valence-corrected chi connectivity index (χ1v) is 10.3. The van der Waals surface area contributed by atoms with Crippen molar-refractivity contribution in [1.29, 1.82) is 0 Å². The van der Waals surface area contributed by atoms with Crippen molar-refractivity contribution < 1.29 is 27.4 Å². The van der Waals surface area contributed by atoms with Crippen LogP contribution in [0, 0.1) is 0 Å². The van der Waals surface area contributed by atoms with Gasteiger partial charge in [-0.05, 0) is 18.2 Å². The number of piperazine rings is 1. The summed E-state index contributed by atoms with van der Waals surface area (Å²) in [5, 5.41) is 0. The predicted octanol–water partition coefficient (Wildman–Crippen LogP) is 2.30. The van der Waals surface area contributed by atoms with E-state index in [0.29, 0.717) is 69.7 Å². The molecule has 0 unspecified atom stereocenters. The number of hydrogen-bond donors (Lipinski definition) is 0. The molecule has 0 aliphatic carbocycles. The Hall–Kier alpha value is -3.08. The summed E-state index contributed by atoms with van der Waals surface area (Å²) in [4.78, 5) is 27.1. The lowest BCUT2D eigenvalue weighted by atomic mass is 10.1. The zero-order chi connectivity index (χ0) is 22.7. The first-order chi connectivity index (χ1) is 15.4. The van der Waals surface area contributed by atoms with Gasteiger partial charge in [0.2, 0.25) is 11.8 Å². The number of methoxy groups -OCH3 is 1. The van der Waals surface area contributed by atoms with E-state index >= 15 is 0 Å². The van der Waals surface area contributed by atoms with Crippen molar-refractivity contribution in [3.8, 4) is 5.88 Å². The van der Waals surface area contributed by atoms with Crippen LogP contribution in [0.1, 0.15) is 15.9 Å². The fourth-order valence-electron chi connectivity index (χ4n) is 3.79. The number of benzene rings is 1. The van der Waals surface area contributed by atoms with Crippen molar-refractivity contribution in [1.82, 2.24) is 14.9 Å². The third-order valence-corrected chi connectivity index (χ3v) is 5.56. The lowest BCUT2D eigenvalue weighted by Crippen LogP contribution is -2.47. The average Bonchev–Trinajstić information content (AvgIpc) is 2.83. The van der Waals surface area contributed by atoms with Gasteiger partial charge in [-0.25, -0.2) is 4.98 Å². The number of halogens is 3. The van der Waals surface area contributed by atoms with Gasteiger partial charge in [0.05, 0.1) is 25.9 Å². The van der Waals surface area contributed by atoms with Crippen molar-refractivity contribution in [3.63, 3.8) is 0 Å². The fraction of sp³-hybridized carbons (Fsp3) is 0.476. The number of aromatic nitrogens is 2. The van der Waals surface area contributed by atoms with Gasteiger partial charge in [0.15, 0.2) is 0 Å². The number of nitrogens with zero attached hydrogens (tertiary/aromatic N) is 5. The Morgan fingerprint density at radius 1 is 1.06 bits per heavy atom. The summed E-state index contributed by atoms with van der Waals surface area (Å²) in [6.07, 6.45) is -2.90. The number of rotatable bonds is 4. The smallest absolute Gasteiger partial charge is 0.416 e. The van der Waals surface area contributed by atoms with Gasteiger partial charge in [-0.15, -0.1) is 0 Å². The second kappa shape index (κ2) is 9.19. The molecule has 0 spiro atoms. The molecular formula is C21H24F3N5O3. The Labute approximate surface area is 183 Å². The summed E-state index contributed by atoms with van der Waals surface area (Å²) >= 11 is 0. The summed E-state index contributed by atoms with van der Waals surface area (Å²) < 4.78 is 49.7. The number of carbonyl (C=O) groups is 1. The van der Waals surface area contributed by atoms with E-state index in [2.05, 4.69) is 9.97 Å². The molecule has 2 fully saturated rings. The molecule has 0 bridgehead atoms. The second-order valence-electron chi connectivity index (χ2n) is 7.52. The van der Waals surface area contributed by atoms with Gasteiger partial charge in [-0.1, -0.05) is 6.07 Å². The molecule has 0 radical (unpaired) electrons. The van der Waals surface area contributed by atoms with E-state index < -0.39 is 11.7 Å². The van der Waals surface area contributed by atoms with Gasteiger partial charge >= 0.3 is 6.18 Å². The summed E-state index contributed by atoms with van der Waals surface area (Å²) in [6.45, 7) is 4.06. The van der Waals surface area contributed by atoms with Crippen molar-refractivity contribution >= 4 is 17.5 Å². The number of carbonyl (C=O) groups excluding carboxylic acids is 1. The van der Waals surface area contributed by atoms with Gasteiger partial charge < -0.3 is 24.2 Å². The maximum atomic E-state index is 13.0. The van der Waals surface area contributed by atoms with Crippen LogP contribution in [-0.4, -0.2) is 80.4 Å². The number of ether oxygens (including phenoxy) is 2. The molecular weight excluding hydrogens is 427 g/mol. The van der Waals surface area contributed by atoms with Gasteiger partial charge in [-0.2, -0.15) is 18.2 Å². The van der Waals surface area contributed by atoms with Crippen LogP contribution in [-0.2, 0) is 10.9 Å². The third kappa shape index (κ3) is 4.72. The molecule has 1 aromatic carbocycles. The predicted molar refractivity (Wildman–Crippen MR) is 111 cm³/mol. The summed E-state index contributed by atoms with van der Waals surface area (Å²) in [7, 11) is 1.45. The van der Waals surface area contributed by atoms with E-state index in [-0.39, 0.29) is 11.8 Å². The van der Waals surface area contributed by atoms with Crippen LogP contribution in [0.4, 0.5) is 24.8 Å². The van der Waals surface area contributed by atoms with Crippen LogP contribution in [0.3, 0.4) is 0 Å². The first kappa shape index (κ1) is 22.1. The van der Waals surface area contributed by atoms with E-state index in [0.717, 1.165) is 6.07 Å². The van der Waals surface area contributed by atoms with Crippen molar-refractivity contribution in [2.24, 2.45) is 0 Å². The Morgan fingerprint density at radius 3 is 2.41 bits per heavy atom. The van der Waals surface area contributed by atoms with E-state index in [1.54, 1.807) is 11.0 Å². The maximum absolute atomic E-state index is 13.0. The maximum Gasteiger partial charge on any atom is 0.416 e. The Morgan fingerprint density at radius 2 is 1.75 bits per heavy atom. The average molecular weight is 451 g/mol. The Kier molecular flexibility index (Phi) is 6.35. The Balaban J connectivity index is 1.44. The highest BCUT2D eigenvalue weighted by molar-refractivity contribution is 5.96. The van der Waals surface area contributed by atoms with E-state index in [9.17, 15) is 18.0 Å². The van der Waals surface area contributed by atoms with Gasteiger partial charge in [0.25, 0.3) is 5.91 Å². The summed E-state index contributed by atoms with van der Waals surface area (Å²) in [5.41, 5.74) is 0.163. The molecule has 2 aliphatic heterocycles. The molecule has 3 heterocycles. The molecule has 11 heteroatoms. The van der Waals surface area contributed by atoms with Gasteiger partial charge in [0.1, 0.15) is 5.56 Å². The van der Waals surface area contributed by atoms with E-state index in [1.165, 1.54) is 25.4 Å². The van der Waals surface area contributed by atoms with E-state index in [1.807, 2.05) is 9.80 Å². The molecule has 2 aromatic rings. The Bertz CT molecular complexity index is 958. The standard InChI is InChI=1S/C21H24F3N5O3/c1-31-18-17(19(30)28-9-11-32-12-10-28)14-25-20(26-18)29-7-5-27(6-8-29)16-4-2-3-15(13-16)21(22,23)24/h2-4,13-14H,5-12H2,1H3. The molecule has 0 atom stereocenters. The number of alkyl halides is 3. The van der Waals surface area contributed by atoms with Crippen LogP contribution in [0.2, 0.25) is 0 Å². The highest BCUT2D eigenvalue weighted by Crippen LogP contribution is 2.32. The van der Waals surface area contributed by atoms with Gasteiger partial charge in [-0.3, -0.25) is 4.79 Å². The molecule has 1 aromatic heterocycles. The van der Waals surface area contributed by atoms with Crippen LogP contribution >= 0.6 is 0 Å². The molecule has 1 amide bonds. The minimum absolute atomic E-state index is 0.201. The molecule has 4 rings (SSSR count). The number of hydrogen-bond acceptors (Lipinski definition) is 7. The zero-order valence-corrected chi connectivity index (χ0v) is 17.6. The lowest BCUT2D eigenvalue weighted by Gasteiger charge is -2.36. The van der Waals surface area contributed by atoms with Crippen LogP contribution < -0.4 is 14.5 Å². The number of amides is 1. The van der Waals surface area contributed by atoms with Gasteiger partial charge in [0, 0.05) is 51.2 Å². The SMILES string of the molecule is COc1nc(N2CCN(c3cccc(C(F)(F)F)c3)CC2)ncc1C(=O)N1CCOCC1. The quantitative estimate of drug-likeness (QED) is 0.707. The highest BCUT2D eigenvalue weighted by atomic mass is 19.4. The van der Waals surface area contributed by atoms with Crippen molar-refractivity contribution in [2.75, 3.05) is 69.4 Å². The number of anilines is 2. The lowest BCUT2D eigenvalue weighted by molar-refractivity contribution is -0.137. The first-order valence-electron chi connectivity index (χ1n) is 10.3. The number of morpholine rings is 1. The molecule has 172 valence electrons. The van der Waals surface area contributed by atoms with E-state index in [4.69, 9.17) is 9.47 Å². The van der Waals surface area contributed by atoms with Crippen LogP contribution in [0.15, 0.2) is 30.5 Å². The summed E-state index contributed by atoms with van der Waals surface area (Å²) in [6, 6.07) is 5.33. The van der Waals surface area contributed by atoms with Crippen molar-refractivity contribution in [2.45, 2.75) is 6.18 Å². The molecule has 8 nitrogen and oxygen atoms in total. The molecule has 0 saturated carbocycles. The normalized spacial score (nSPS) is 17.4. The van der Waals surface area contributed by atoms with Crippen LogP contribution in [0.25, 0.3) is 0 Å². The fourth-order valence-corrected chi connectivity index (χ4v) is 3.79. The molecule has 2 saturated heterocycles. The second-order valence-corrected chi connectivity index (χ2v) is 7.52. The van der Waals surface area contributed by atoms with Crippen molar-refractivity contribution in [3.05, 3.63) is 41.6 Å². The minimum Gasteiger partial charge on any atom is -0.480 e. The highest BCUT2D eigenvalue weighted by Gasteiger charge is 2.31. The molecule has 32 heavy (non-hydrogen) atoms. The third-order valence-electron chi connectivity index (χ3n) is 5.56. The summed E-state index contributed by atoms with van der Waals surface area (Å²) in [5.74, 6) is 0.418. The monoisotopic (exact) mass is 451 g/mol. The zero-order valence-electron chi connectivity index (χ0n) is 17.6. The molecule has 0 N–H and O–H groups in total. The minimum atomic E-state index is -4.37. The molecule has 2 aliphatic rings. The van der Waals surface area contributed by atoms with Crippen LogP contribution in [0.5, 0.6) is 5.88 Å².